The van der Waals surface area contributed by atoms with Crippen LogP contribution in [0.5, 0.6) is 5.75 Å². The first-order chi connectivity index (χ1) is 9.93. The van der Waals surface area contributed by atoms with Crippen molar-refractivity contribution >= 4 is 0 Å². The van der Waals surface area contributed by atoms with Crippen LogP contribution in [0.4, 0.5) is 17.6 Å². The molecule has 2 N–H and O–H groups in total. The third-order valence-corrected chi connectivity index (χ3v) is 3.09. The van der Waals surface area contributed by atoms with Crippen molar-refractivity contribution in [3.63, 3.8) is 0 Å². The molecule has 0 unspecified atom stereocenters. The molecule has 2 aromatic carbocycles. The monoisotopic (exact) mass is 299 g/mol. The first kappa shape index (κ1) is 15.3. The molecule has 2 aromatic rings. The van der Waals surface area contributed by atoms with Crippen molar-refractivity contribution in [2.75, 3.05) is 0 Å². The highest BCUT2D eigenvalue weighted by Crippen LogP contribution is 2.27. The number of rotatable bonds is 4. The Bertz CT molecular complexity index is 647. The standard InChI is InChI=1S/C15H13F4NO/c1-8-4-9(6-20)2-3-10(8)7-21-15-13(18)11(16)5-12(17)14(15)19/h2-5H,6-7,20H2,1H3. The summed E-state index contributed by atoms with van der Waals surface area (Å²) in [7, 11) is 0. The molecule has 21 heavy (non-hydrogen) atoms. The fourth-order valence-electron chi connectivity index (χ4n) is 1.87. The van der Waals surface area contributed by atoms with Crippen LogP contribution >= 0.6 is 0 Å². The number of hydrogen-bond donors (Lipinski definition) is 1. The third kappa shape index (κ3) is 3.16. The zero-order valence-electron chi connectivity index (χ0n) is 11.2. The van der Waals surface area contributed by atoms with Crippen LogP contribution in [0, 0.1) is 30.2 Å². The van der Waals surface area contributed by atoms with Gasteiger partial charge in [-0.25, -0.2) is 8.78 Å². The molecule has 0 spiro atoms. The summed E-state index contributed by atoms with van der Waals surface area (Å²) in [5.41, 5.74) is 7.82. The maximum atomic E-state index is 13.4. The Labute approximate surface area is 119 Å². The summed E-state index contributed by atoms with van der Waals surface area (Å²) >= 11 is 0. The Morgan fingerprint density at radius 1 is 1.00 bits per heavy atom. The van der Waals surface area contributed by atoms with Crippen LogP contribution in [0.25, 0.3) is 0 Å². The molecule has 0 aromatic heterocycles. The van der Waals surface area contributed by atoms with Gasteiger partial charge in [-0.3, -0.25) is 0 Å². The second-order valence-electron chi connectivity index (χ2n) is 4.55. The molecule has 2 rings (SSSR count). The maximum Gasteiger partial charge on any atom is 0.203 e. The van der Waals surface area contributed by atoms with Gasteiger partial charge in [0.05, 0.1) is 0 Å². The summed E-state index contributed by atoms with van der Waals surface area (Å²) in [5, 5.41) is 0. The highest BCUT2D eigenvalue weighted by Gasteiger charge is 2.20. The average molecular weight is 299 g/mol. The molecule has 0 heterocycles. The van der Waals surface area contributed by atoms with Crippen molar-refractivity contribution in [3.8, 4) is 5.75 Å². The van der Waals surface area contributed by atoms with Crippen molar-refractivity contribution < 1.29 is 22.3 Å². The lowest BCUT2D eigenvalue weighted by Crippen LogP contribution is -2.05. The van der Waals surface area contributed by atoms with E-state index >= 15 is 0 Å². The number of nitrogens with two attached hydrogens (primary N) is 1. The van der Waals surface area contributed by atoms with E-state index in [2.05, 4.69) is 0 Å². The zero-order chi connectivity index (χ0) is 15.6. The number of hydrogen-bond acceptors (Lipinski definition) is 2. The van der Waals surface area contributed by atoms with Crippen LogP contribution < -0.4 is 10.5 Å². The fraction of sp³-hybridized carbons (Fsp3) is 0.200. The number of halogens is 4. The topological polar surface area (TPSA) is 35.2 Å². The Balaban J connectivity index is 2.25. The molecular formula is C15H13F4NO. The maximum absolute atomic E-state index is 13.4. The summed E-state index contributed by atoms with van der Waals surface area (Å²) < 4.78 is 57.9. The van der Waals surface area contributed by atoms with E-state index in [0.29, 0.717) is 12.1 Å². The summed E-state index contributed by atoms with van der Waals surface area (Å²) in [6, 6.07) is 5.37. The van der Waals surface area contributed by atoms with Gasteiger partial charge in [0.25, 0.3) is 0 Å². The van der Waals surface area contributed by atoms with Crippen LogP contribution in [0.3, 0.4) is 0 Å². The minimum Gasteiger partial charge on any atom is -0.483 e. The first-order valence-corrected chi connectivity index (χ1v) is 6.18. The van der Waals surface area contributed by atoms with E-state index in [1.54, 1.807) is 25.1 Å². The van der Waals surface area contributed by atoms with Gasteiger partial charge in [-0.05, 0) is 23.6 Å². The van der Waals surface area contributed by atoms with E-state index in [4.69, 9.17) is 10.5 Å². The van der Waals surface area contributed by atoms with E-state index in [9.17, 15) is 17.6 Å². The SMILES string of the molecule is Cc1cc(CN)ccc1COc1c(F)c(F)cc(F)c1F. The summed E-state index contributed by atoms with van der Waals surface area (Å²) in [4.78, 5) is 0. The van der Waals surface area contributed by atoms with Gasteiger partial charge in [-0.2, -0.15) is 8.78 Å². The van der Waals surface area contributed by atoms with Crippen molar-refractivity contribution in [3.05, 3.63) is 64.2 Å². The Morgan fingerprint density at radius 2 is 1.62 bits per heavy atom. The van der Waals surface area contributed by atoms with Gasteiger partial charge in [0.15, 0.2) is 17.4 Å². The van der Waals surface area contributed by atoms with Gasteiger partial charge in [-0.15, -0.1) is 0 Å². The molecule has 0 saturated heterocycles. The normalized spacial score (nSPS) is 10.8. The second-order valence-corrected chi connectivity index (χ2v) is 4.55. The minimum absolute atomic E-state index is 0.138. The molecule has 2 nitrogen and oxygen atoms in total. The lowest BCUT2D eigenvalue weighted by atomic mass is 10.1. The van der Waals surface area contributed by atoms with Crippen LogP contribution in [-0.2, 0) is 13.2 Å². The second kappa shape index (κ2) is 6.13. The summed E-state index contributed by atoms with van der Waals surface area (Å²) in [5.74, 6) is -7.16. The van der Waals surface area contributed by atoms with E-state index in [1.165, 1.54) is 0 Å². The molecular weight excluding hydrogens is 286 g/mol. The molecule has 0 saturated carbocycles. The van der Waals surface area contributed by atoms with Crippen LogP contribution in [0.2, 0.25) is 0 Å². The predicted molar refractivity (Wildman–Crippen MR) is 69.7 cm³/mol. The smallest absolute Gasteiger partial charge is 0.203 e. The summed E-state index contributed by atoms with van der Waals surface area (Å²) in [6.07, 6.45) is 0. The van der Waals surface area contributed by atoms with Gasteiger partial charge < -0.3 is 10.5 Å². The van der Waals surface area contributed by atoms with E-state index < -0.39 is 29.0 Å². The molecule has 0 bridgehead atoms. The van der Waals surface area contributed by atoms with Gasteiger partial charge in [-0.1, -0.05) is 18.2 Å². The highest BCUT2D eigenvalue weighted by atomic mass is 19.2. The number of aryl methyl sites for hydroxylation is 1. The van der Waals surface area contributed by atoms with Crippen molar-refractivity contribution in [2.24, 2.45) is 5.73 Å². The number of benzene rings is 2. The van der Waals surface area contributed by atoms with Gasteiger partial charge in [0, 0.05) is 12.6 Å². The quantitative estimate of drug-likeness (QED) is 0.691. The van der Waals surface area contributed by atoms with E-state index in [-0.39, 0.29) is 12.7 Å². The van der Waals surface area contributed by atoms with Gasteiger partial charge in [0.1, 0.15) is 6.61 Å². The lowest BCUT2D eigenvalue weighted by Gasteiger charge is -2.12. The van der Waals surface area contributed by atoms with Crippen LogP contribution in [0.15, 0.2) is 24.3 Å². The molecule has 0 fully saturated rings. The fourth-order valence-corrected chi connectivity index (χ4v) is 1.87. The van der Waals surface area contributed by atoms with E-state index in [0.717, 1.165) is 11.1 Å². The van der Waals surface area contributed by atoms with Crippen LogP contribution in [0.1, 0.15) is 16.7 Å². The lowest BCUT2D eigenvalue weighted by molar-refractivity contribution is 0.261. The molecule has 0 amide bonds. The Kier molecular flexibility index (Phi) is 4.47. The molecule has 0 radical (unpaired) electrons. The largest absolute Gasteiger partial charge is 0.483 e. The zero-order valence-corrected chi connectivity index (χ0v) is 11.2. The van der Waals surface area contributed by atoms with Crippen molar-refractivity contribution in [1.82, 2.24) is 0 Å². The molecule has 6 heteroatoms. The molecule has 0 aliphatic heterocycles. The van der Waals surface area contributed by atoms with Crippen molar-refractivity contribution in [2.45, 2.75) is 20.1 Å². The Hall–Kier alpha value is -2.08. The molecule has 0 atom stereocenters. The predicted octanol–water partition coefficient (Wildman–Crippen LogP) is 3.59. The Morgan fingerprint density at radius 3 is 2.14 bits per heavy atom. The number of ether oxygens (including phenoxy) is 1. The van der Waals surface area contributed by atoms with Gasteiger partial charge in [0.2, 0.25) is 11.6 Å². The van der Waals surface area contributed by atoms with Gasteiger partial charge >= 0.3 is 0 Å². The summed E-state index contributed by atoms with van der Waals surface area (Å²) in [6.45, 7) is 1.92. The molecule has 112 valence electrons. The first-order valence-electron chi connectivity index (χ1n) is 6.18. The molecule has 0 aliphatic rings. The van der Waals surface area contributed by atoms with Crippen molar-refractivity contribution in [1.29, 1.82) is 0 Å². The van der Waals surface area contributed by atoms with Crippen LogP contribution in [-0.4, -0.2) is 0 Å². The average Bonchev–Trinajstić information content (AvgIpc) is 2.46. The highest BCUT2D eigenvalue weighted by molar-refractivity contribution is 5.32. The molecule has 0 aliphatic carbocycles. The van der Waals surface area contributed by atoms with E-state index in [1.807, 2.05) is 0 Å². The minimum atomic E-state index is -1.55. The third-order valence-electron chi connectivity index (χ3n) is 3.09.